The molecule has 0 saturated heterocycles. The second-order valence-corrected chi connectivity index (χ2v) is 3.99. The summed E-state index contributed by atoms with van der Waals surface area (Å²) in [7, 11) is 0. The molecule has 1 aromatic heterocycles. The Kier molecular flexibility index (Phi) is 3.19. The van der Waals surface area contributed by atoms with Crippen LogP contribution in [-0.2, 0) is 9.53 Å². The van der Waals surface area contributed by atoms with E-state index in [1.54, 1.807) is 25.4 Å². The monoisotopic (exact) mass is 221 g/mol. The van der Waals surface area contributed by atoms with Crippen LogP contribution in [0.1, 0.15) is 25.0 Å². The van der Waals surface area contributed by atoms with Gasteiger partial charge in [0.2, 0.25) is 0 Å². The number of aliphatic hydroxyl groups excluding tert-OH is 1. The van der Waals surface area contributed by atoms with Crippen molar-refractivity contribution in [3.63, 3.8) is 0 Å². The summed E-state index contributed by atoms with van der Waals surface area (Å²) in [6, 6.07) is 3.60. The molecule has 1 aromatic rings. The lowest BCUT2D eigenvalue weighted by Gasteiger charge is -2.09. The van der Waals surface area contributed by atoms with Gasteiger partial charge in [0.1, 0.15) is 0 Å². The Labute approximate surface area is 94.3 Å². The average molecular weight is 221 g/mol. The lowest BCUT2D eigenvalue weighted by atomic mass is 10.1. The first-order valence-electron chi connectivity index (χ1n) is 5.48. The SMILES string of the molecule is CCOC(=O)[C@@H]1C[C@H]1C(O)c1cccnc1. The Morgan fingerprint density at radius 1 is 1.75 bits per heavy atom. The van der Waals surface area contributed by atoms with Gasteiger partial charge in [0, 0.05) is 18.3 Å². The Bertz CT molecular complexity index is 366. The molecule has 3 atom stereocenters. The van der Waals surface area contributed by atoms with Gasteiger partial charge in [-0.15, -0.1) is 0 Å². The van der Waals surface area contributed by atoms with Gasteiger partial charge in [0.05, 0.1) is 18.6 Å². The number of aromatic nitrogens is 1. The normalized spacial score (nSPS) is 24.9. The second-order valence-electron chi connectivity index (χ2n) is 3.99. The molecule has 1 heterocycles. The number of hydrogen-bond acceptors (Lipinski definition) is 4. The number of nitrogens with zero attached hydrogens (tertiary/aromatic N) is 1. The smallest absolute Gasteiger partial charge is 0.309 e. The molecule has 1 aliphatic carbocycles. The maximum atomic E-state index is 11.4. The van der Waals surface area contributed by atoms with Crippen LogP contribution < -0.4 is 0 Å². The summed E-state index contributed by atoms with van der Waals surface area (Å²) in [6.07, 6.45) is 3.38. The van der Waals surface area contributed by atoms with Crippen molar-refractivity contribution in [2.45, 2.75) is 19.4 Å². The third kappa shape index (κ3) is 2.22. The minimum absolute atomic E-state index is 0.0109. The van der Waals surface area contributed by atoms with E-state index in [9.17, 15) is 9.90 Å². The van der Waals surface area contributed by atoms with Crippen LogP contribution in [0.15, 0.2) is 24.5 Å². The summed E-state index contributed by atoms with van der Waals surface area (Å²) >= 11 is 0. The van der Waals surface area contributed by atoms with Crippen LogP contribution in [0.4, 0.5) is 0 Å². The van der Waals surface area contributed by atoms with Gasteiger partial charge in [0.15, 0.2) is 0 Å². The van der Waals surface area contributed by atoms with Gasteiger partial charge >= 0.3 is 5.97 Å². The first-order chi connectivity index (χ1) is 7.74. The number of esters is 1. The molecule has 16 heavy (non-hydrogen) atoms. The molecule has 4 nitrogen and oxygen atoms in total. The van der Waals surface area contributed by atoms with Crippen LogP contribution in [0.25, 0.3) is 0 Å². The third-order valence-corrected chi connectivity index (χ3v) is 2.86. The topological polar surface area (TPSA) is 59.4 Å². The van der Waals surface area contributed by atoms with Crippen molar-refractivity contribution in [2.75, 3.05) is 6.61 Å². The zero-order valence-electron chi connectivity index (χ0n) is 9.17. The minimum atomic E-state index is -0.608. The van der Waals surface area contributed by atoms with Crippen molar-refractivity contribution in [3.05, 3.63) is 30.1 Å². The van der Waals surface area contributed by atoms with Gasteiger partial charge in [-0.25, -0.2) is 0 Å². The summed E-state index contributed by atoms with van der Waals surface area (Å²) in [6.45, 7) is 2.18. The molecule has 0 spiro atoms. The third-order valence-electron chi connectivity index (χ3n) is 2.86. The summed E-state index contributed by atoms with van der Waals surface area (Å²) in [5.41, 5.74) is 0.763. The summed E-state index contributed by atoms with van der Waals surface area (Å²) in [5, 5.41) is 10.0. The molecular formula is C12H15NO3. The van der Waals surface area contributed by atoms with Gasteiger partial charge < -0.3 is 9.84 Å². The molecule has 2 rings (SSSR count). The van der Waals surface area contributed by atoms with Crippen molar-refractivity contribution >= 4 is 5.97 Å². The highest BCUT2D eigenvalue weighted by molar-refractivity contribution is 5.75. The fraction of sp³-hybridized carbons (Fsp3) is 0.500. The van der Waals surface area contributed by atoms with Crippen molar-refractivity contribution in [2.24, 2.45) is 11.8 Å². The van der Waals surface area contributed by atoms with Gasteiger partial charge in [-0.3, -0.25) is 9.78 Å². The molecule has 0 radical (unpaired) electrons. The predicted octanol–water partition coefficient (Wildman–Crippen LogP) is 1.31. The fourth-order valence-electron chi connectivity index (χ4n) is 1.88. The summed E-state index contributed by atoms with van der Waals surface area (Å²) in [4.78, 5) is 15.3. The zero-order chi connectivity index (χ0) is 11.5. The maximum absolute atomic E-state index is 11.4. The van der Waals surface area contributed by atoms with E-state index in [2.05, 4.69) is 4.98 Å². The molecule has 0 aromatic carbocycles. The van der Waals surface area contributed by atoms with E-state index in [1.807, 2.05) is 6.07 Å². The van der Waals surface area contributed by atoms with E-state index >= 15 is 0 Å². The highest BCUT2D eigenvalue weighted by Crippen LogP contribution is 2.47. The molecule has 86 valence electrons. The lowest BCUT2D eigenvalue weighted by Crippen LogP contribution is -2.11. The quantitative estimate of drug-likeness (QED) is 0.779. The molecule has 1 unspecified atom stereocenters. The Hall–Kier alpha value is -1.42. The average Bonchev–Trinajstić information content (AvgIpc) is 3.09. The number of carbonyl (C=O) groups excluding carboxylic acids is 1. The summed E-state index contributed by atoms with van der Waals surface area (Å²) in [5.74, 6) is -0.353. The van der Waals surface area contributed by atoms with Crippen LogP contribution in [0.3, 0.4) is 0 Å². The van der Waals surface area contributed by atoms with Gasteiger partial charge in [-0.05, 0) is 25.0 Å². The molecule has 1 saturated carbocycles. The Balaban J connectivity index is 1.94. The van der Waals surface area contributed by atoms with Crippen molar-refractivity contribution in [1.82, 2.24) is 4.98 Å². The highest BCUT2D eigenvalue weighted by atomic mass is 16.5. The van der Waals surface area contributed by atoms with E-state index in [0.29, 0.717) is 13.0 Å². The first kappa shape index (κ1) is 11.1. The fourth-order valence-corrected chi connectivity index (χ4v) is 1.88. The van der Waals surface area contributed by atoms with Crippen LogP contribution in [-0.4, -0.2) is 22.7 Å². The highest BCUT2D eigenvalue weighted by Gasteiger charge is 2.48. The maximum Gasteiger partial charge on any atom is 0.309 e. The van der Waals surface area contributed by atoms with Crippen LogP contribution in [0.5, 0.6) is 0 Å². The van der Waals surface area contributed by atoms with Crippen LogP contribution in [0, 0.1) is 11.8 Å². The van der Waals surface area contributed by atoms with E-state index < -0.39 is 6.10 Å². The number of ether oxygens (including phenoxy) is 1. The molecule has 1 aliphatic rings. The molecule has 1 N–H and O–H groups in total. The van der Waals surface area contributed by atoms with E-state index in [0.717, 1.165) is 5.56 Å². The molecule has 0 amide bonds. The minimum Gasteiger partial charge on any atom is -0.466 e. The largest absolute Gasteiger partial charge is 0.466 e. The molecular weight excluding hydrogens is 206 g/mol. The number of hydrogen-bond donors (Lipinski definition) is 1. The van der Waals surface area contributed by atoms with E-state index in [1.165, 1.54) is 0 Å². The van der Waals surface area contributed by atoms with Gasteiger partial charge in [0.25, 0.3) is 0 Å². The lowest BCUT2D eigenvalue weighted by molar-refractivity contribution is -0.145. The summed E-state index contributed by atoms with van der Waals surface area (Å²) < 4.78 is 4.92. The van der Waals surface area contributed by atoms with E-state index in [-0.39, 0.29) is 17.8 Å². The van der Waals surface area contributed by atoms with Crippen molar-refractivity contribution in [1.29, 1.82) is 0 Å². The molecule has 4 heteroatoms. The Morgan fingerprint density at radius 3 is 3.19 bits per heavy atom. The Morgan fingerprint density at radius 2 is 2.56 bits per heavy atom. The predicted molar refractivity (Wildman–Crippen MR) is 57.4 cm³/mol. The second kappa shape index (κ2) is 4.61. The number of carbonyl (C=O) groups is 1. The standard InChI is InChI=1S/C12H15NO3/c1-2-16-12(15)10-6-9(10)11(14)8-4-3-5-13-7-8/h3-5,7,9-11,14H,2,6H2,1H3/t9-,10-,11?/m1/s1. The van der Waals surface area contributed by atoms with Crippen LogP contribution >= 0.6 is 0 Å². The van der Waals surface area contributed by atoms with Gasteiger partial charge in [-0.1, -0.05) is 6.07 Å². The number of aliphatic hydroxyl groups is 1. The van der Waals surface area contributed by atoms with Crippen molar-refractivity contribution < 1.29 is 14.6 Å². The van der Waals surface area contributed by atoms with Gasteiger partial charge in [-0.2, -0.15) is 0 Å². The molecule has 0 bridgehead atoms. The van der Waals surface area contributed by atoms with E-state index in [4.69, 9.17) is 4.74 Å². The number of pyridine rings is 1. The number of rotatable bonds is 4. The van der Waals surface area contributed by atoms with Crippen molar-refractivity contribution in [3.8, 4) is 0 Å². The molecule has 1 fully saturated rings. The molecule has 0 aliphatic heterocycles. The van der Waals surface area contributed by atoms with Crippen LogP contribution in [0.2, 0.25) is 0 Å². The first-order valence-corrected chi connectivity index (χ1v) is 5.48. The zero-order valence-corrected chi connectivity index (χ0v) is 9.17.